The Hall–Kier alpha value is -3.09. The number of ether oxygens (including phenoxy) is 1. The second kappa shape index (κ2) is 6.08. The van der Waals surface area contributed by atoms with Gasteiger partial charge in [-0.1, -0.05) is 0 Å². The highest BCUT2D eigenvalue weighted by Crippen LogP contribution is 2.19. The van der Waals surface area contributed by atoms with E-state index in [4.69, 9.17) is 4.74 Å². The molecule has 4 rings (SSSR count). The van der Waals surface area contributed by atoms with Crippen LogP contribution in [0.1, 0.15) is 28.5 Å². The Balaban J connectivity index is 1.61. The minimum Gasteiger partial charge on any atom is -0.494 e. The summed E-state index contributed by atoms with van der Waals surface area (Å²) in [5.74, 6) is 0.643. The number of benzene rings is 1. The van der Waals surface area contributed by atoms with Crippen molar-refractivity contribution in [1.29, 1.82) is 0 Å². The molecular weight excluding hydrogens is 320 g/mol. The number of hydrogen-bond acceptors (Lipinski definition) is 4. The van der Waals surface area contributed by atoms with Gasteiger partial charge in [0.1, 0.15) is 5.75 Å². The Labute approximate surface area is 143 Å². The number of nitrogens with one attached hydrogen (secondary N) is 1. The van der Waals surface area contributed by atoms with Crippen LogP contribution in [0.25, 0.3) is 5.65 Å². The van der Waals surface area contributed by atoms with Gasteiger partial charge in [-0.25, -0.2) is 9.50 Å². The number of rotatable bonds is 3. The van der Waals surface area contributed by atoms with E-state index < -0.39 is 0 Å². The topological polar surface area (TPSA) is 79.7 Å². The SMILES string of the molecule is CCOc1ccc(C(=O)N2CCc3nc4cc[nH]n4c(=O)c3C2)cc1. The average molecular weight is 338 g/mol. The fourth-order valence-electron chi connectivity index (χ4n) is 3.13. The molecule has 0 aliphatic carbocycles. The molecule has 7 heteroatoms. The summed E-state index contributed by atoms with van der Waals surface area (Å²) in [5.41, 5.74) is 2.40. The van der Waals surface area contributed by atoms with Gasteiger partial charge in [0.2, 0.25) is 0 Å². The van der Waals surface area contributed by atoms with E-state index in [2.05, 4.69) is 10.1 Å². The van der Waals surface area contributed by atoms with Gasteiger partial charge in [-0.3, -0.25) is 14.7 Å². The maximum atomic E-state index is 12.8. The lowest BCUT2D eigenvalue weighted by atomic mass is 10.1. The van der Waals surface area contributed by atoms with Gasteiger partial charge in [-0.05, 0) is 31.2 Å². The van der Waals surface area contributed by atoms with Crippen molar-refractivity contribution >= 4 is 11.6 Å². The molecule has 25 heavy (non-hydrogen) atoms. The molecule has 1 aliphatic rings. The molecule has 0 saturated carbocycles. The van der Waals surface area contributed by atoms with Crippen LogP contribution in [0.4, 0.5) is 0 Å². The van der Waals surface area contributed by atoms with Gasteiger partial charge in [0, 0.05) is 30.8 Å². The number of amides is 1. The molecular formula is C18H18N4O3. The Morgan fingerprint density at radius 2 is 2.08 bits per heavy atom. The normalized spacial score (nSPS) is 13.7. The van der Waals surface area contributed by atoms with E-state index in [0.717, 1.165) is 11.4 Å². The zero-order chi connectivity index (χ0) is 17.4. The first-order chi connectivity index (χ1) is 12.2. The van der Waals surface area contributed by atoms with Crippen LogP contribution in [-0.2, 0) is 13.0 Å². The van der Waals surface area contributed by atoms with Gasteiger partial charge >= 0.3 is 0 Å². The highest BCUT2D eigenvalue weighted by Gasteiger charge is 2.25. The van der Waals surface area contributed by atoms with Crippen LogP contribution in [-0.4, -0.2) is 38.6 Å². The summed E-state index contributed by atoms with van der Waals surface area (Å²) in [7, 11) is 0. The largest absolute Gasteiger partial charge is 0.494 e. The van der Waals surface area contributed by atoms with Gasteiger partial charge in [-0.15, -0.1) is 0 Å². The van der Waals surface area contributed by atoms with E-state index in [1.807, 2.05) is 6.92 Å². The van der Waals surface area contributed by atoms with Crippen LogP contribution in [0.15, 0.2) is 41.3 Å². The van der Waals surface area contributed by atoms with Crippen LogP contribution in [0.2, 0.25) is 0 Å². The zero-order valence-corrected chi connectivity index (χ0v) is 13.9. The predicted molar refractivity (Wildman–Crippen MR) is 91.9 cm³/mol. The fourth-order valence-corrected chi connectivity index (χ4v) is 3.13. The van der Waals surface area contributed by atoms with E-state index in [1.54, 1.807) is 41.4 Å². The van der Waals surface area contributed by atoms with E-state index >= 15 is 0 Å². The minimum absolute atomic E-state index is 0.0929. The summed E-state index contributed by atoms with van der Waals surface area (Å²) in [4.78, 5) is 31.5. The fraction of sp³-hybridized carbons (Fsp3) is 0.278. The Morgan fingerprint density at radius 3 is 2.84 bits per heavy atom. The lowest BCUT2D eigenvalue weighted by Crippen LogP contribution is -2.40. The van der Waals surface area contributed by atoms with Crippen LogP contribution in [0.3, 0.4) is 0 Å². The smallest absolute Gasteiger partial charge is 0.277 e. The number of carbonyl (C=O) groups excluding carboxylic acids is 1. The summed E-state index contributed by atoms with van der Waals surface area (Å²) in [6.45, 7) is 3.32. The second-order valence-electron chi connectivity index (χ2n) is 5.93. The number of hydrogen-bond donors (Lipinski definition) is 1. The number of nitrogens with zero attached hydrogens (tertiary/aromatic N) is 3. The minimum atomic E-state index is -0.144. The molecule has 128 valence electrons. The molecule has 1 N–H and O–H groups in total. The van der Waals surface area contributed by atoms with Crippen LogP contribution >= 0.6 is 0 Å². The number of fused-ring (bicyclic) bond motifs is 2. The molecule has 3 heterocycles. The first kappa shape index (κ1) is 15.4. The zero-order valence-electron chi connectivity index (χ0n) is 13.9. The van der Waals surface area contributed by atoms with E-state index in [0.29, 0.717) is 36.3 Å². The molecule has 0 unspecified atom stereocenters. The molecule has 1 aliphatic heterocycles. The van der Waals surface area contributed by atoms with Gasteiger partial charge in [-0.2, -0.15) is 0 Å². The molecule has 0 bridgehead atoms. The molecule has 7 nitrogen and oxygen atoms in total. The molecule has 0 fully saturated rings. The third-order valence-electron chi connectivity index (χ3n) is 4.39. The number of aromatic nitrogens is 3. The molecule has 2 aromatic heterocycles. The molecule has 3 aromatic rings. The molecule has 1 amide bonds. The summed E-state index contributed by atoms with van der Waals surface area (Å²) >= 11 is 0. The van der Waals surface area contributed by atoms with Crippen LogP contribution in [0.5, 0.6) is 5.75 Å². The third-order valence-corrected chi connectivity index (χ3v) is 4.39. The maximum absolute atomic E-state index is 12.8. The Kier molecular flexibility index (Phi) is 3.76. The summed E-state index contributed by atoms with van der Waals surface area (Å²) in [5, 5.41) is 2.86. The van der Waals surface area contributed by atoms with Gasteiger partial charge in [0.05, 0.1) is 24.4 Å². The number of aromatic amines is 1. The first-order valence-electron chi connectivity index (χ1n) is 8.27. The van der Waals surface area contributed by atoms with Crippen molar-refractivity contribution in [1.82, 2.24) is 19.5 Å². The van der Waals surface area contributed by atoms with Crippen molar-refractivity contribution in [3.8, 4) is 5.75 Å². The van der Waals surface area contributed by atoms with E-state index in [1.165, 1.54) is 4.52 Å². The third kappa shape index (κ3) is 2.67. The molecule has 0 spiro atoms. The molecule has 0 saturated heterocycles. The predicted octanol–water partition coefficient (Wildman–Crippen LogP) is 1.62. The molecule has 0 atom stereocenters. The van der Waals surface area contributed by atoms with Crippen molar-refractivity contribution < 1.29 is 9.53 Å². The highest BCUT2D eigenvalue weighted by atomic mass is 16.5. The average Bonchev–Trinajstić information content (AvgIpc) is 3.11. The molecule has 1 aromatic carbocycles. The number of H-pyrrole nitrogens is 1. The Bertz CT molecular complexity index is 988. The van der Waals surface area contributed by atoms with E-state index in [9.17, 15) is 9.59 Å². The standard InChI is InChI=1S/C18H18N4O3/c1-2-25-13-5-3-12(4-6-13)17(23)21-10-8-15-14(11-21)18(24)22-16(20-15)7-9-19-22/h3-7,9,19H,2,8,10-11H2,1H3. The number of carbonyl (C=O) groups is 1. The highest BCUT2D eigenvalue weighted by molar-refractivity contribution is 5.94. The quantitative estimate of drug-likeness (QED) is 0.787. The first-order valence-corrected chi connectivity index (χ1v) is 8.27. The summed E-state index contributed by atoms with van der Waals surface area (Å²) in [6.07, 6.45) is 2.26. The van der Waals surface area contributed by atoms with Crippen molar-refractivity contribution in [2.24, 2.45) is 0 Å². The summed E-state index contributed by atoms with van der Waals surface area (Å²) in [6, 6.07) is 8.84. The maximum Gasteiger partial charge on any atom is 0.277 e. The van der Waals surface area contributed by atoms with Crippen molar-refractivity contribution in [2.45, 2.75) is 19.9 Å². The second-order valence-corrected chi connectivity index (χ2v) is 5.93. The van der Waals surface area contributed by atoms with E-state index in [-0.39, 0.29) is 18.0 Å². The van der Waals surface area contributed by atoms with Crippen molar-refractivity contribution in [3.05, 3.63) is 63.7 Å². The lowest BCUT2D eigenvalue weighted by molar-refractivity contribution is 0.0732. The molecule has 0 radical (unpaired) electrons. The van der Waals surface area contributed by atoms with Gasteiger partial charge < -0.3 is 9.64 Å². The lowest BCUT2D eigenvalue weighted by Gasteiger charge is -2.27. The van der Waals surface area contributed by atoms with Crippen LogP contribution in [0, 0.1) is 0 Å². The summed E-state index contributed by atoms with van der Waals surface area (Å²) < 4.78 is 6.81. The monoisotopic (exact) mass is 338 g/mol. The van der Waals surface area contributed by atoms with Crippen molar-refractivity contribution in [3.63, 3.8) is 0 Å². The van der Waals surface area contributed by atoms with Gasteiger partial charge in [0.15, 0.2) is 5.65 Å². The van der Waals surface area contributed by atoms with Crippen molar-refractivity contribution in [2.75, 3.05) is 13.2 Å². The van der Waals surface area contributed by atoms with Gasteiger partial charge in [0.25, 0.3) is 11.5 Å². The Morgan fingerprint density at radius 1 is 1.28 bits per heavy atom. The van der Waals surface area contributed by atoms with Crippen LogP contribution < -0.4 is 10.3 Å².